The third kappa shape index (κ3) is 6.39. The number of carbonyl (C=O) groups is 1. The van der Waals surface area contributed by atoms with Crippen molar-refractivity contribution in [3.8, 4) is 0 Å². The lowest BCUT2D eigenvalue weighted by molar-refractivity contribution is -0.129. The van der Waals surface area contributed by atoms with Crippen LogP contribution in [0, 0.1) is 6.92 Å². The molecule has 0 radical (unpaired) electrons. The summed E-state index contributed by atoms with van der Waals surface area (Å²) in [5.41, 5.74) is 2.54. The normalized spacial score (nSPS) is 10.5. The number of hydrogen-bond donors (Lipinski definition) is 1. The highest BCUT2D eigenvalue weighted by molar-refractivity contribution is 5.76. The van der Waals surface area contributed by atoms with E-state index in [4.69, 9.17) is 0 Å². The van der Waals surface area contributed by atoms with Gasteiger partial charge in [0.2, 0.25) is 5.91 Å². The number of rotatable bonds is 8. The molecule has 0 aliphatic heterocycles. The van der Waals surface area contributed by atoms with Gasteiger partial charge in [-0.1, -0.05) is 43.2 Å². The summed E-state index contributed by atoms with van der Waals surface area (Å²) in [5.74, 6) is 0.227. The first-order valence-corrected chi connectivity index (χ1v) is 7.13. The van der Waals surface area contributed by atoms with Gasteiger partial charge in [-0.2, -0.15) is 0 Å². The number of benzene rings is 1. The van der Waals surface area contributed by atoms with Crippen LogP contribution in [0.5, 0.6) is 0 Å². The van der Waals surface area contributed by atoms with Crippen LogP contribution in [0.2, 0.25) is 0 Å². The maximum Gasteiger partial charge on any atom is 0.223 e. The van der Waals surface area contributed by atoms with Crippen molar-refractivity contribution in [1.29, 1.82) is 0 Å². The fraction of sp³-hybridized carbons (Fsp3) is 0.562. The molecule has 1 aromatic rings. The first-order valence-electron chi connectivity index (χ1n) is 7.13. The molecule has 3 heteroatoms. The number of nitrogens with zero attached hydrogens (tertiary/aromatic N) is 1. The smallest absolute Gasteiger partial charge is 0.223 e. The lowest BCUT2D eigenvalue weighted by atomic mass is 10.1. The van der Waals surface area contributed by atoms with Crippen LogP contribution in [0.1, 0.15) is 37.3 Å². The van der Waals surface area contributed by atoms with Gasteiger partial charge in [0.15, 0.2) is 0 Å². The second kappa shape index (κ2) is 8.70. The summed E-state index contributed by atoms with van der Waals surface area (Å²) >= 11 is 0. The van der Waals surface area contributed by atoms with Crippen LogP contribution in [0.15, 0.2) is 24.3 Å². The molecule has 1 amide bonds. The van der Waals surface area contributed by atoms with Gasteiger partial charge in [-0.25, -0.2) is 0 Å². The maximum atomic E-state index is 11.8. The molecule has 0 aromatic heterocycles. The fourth-order valence-corrected chi connectivity index (χ4v) is 1.84. The Labute approximate surface area is 117 Å². The van der Waals surface area contributed by atoms with Crippen LogP contribution in [0.25, 0.3) is 0 Å². The Morgan fingerprint density at radius 1 is 1.26 bits per heavy atom. The Hall–Kier alpha value is -1.35. The highest BCUT2D eigenvalue weighted by Gasteiger charge is 2.06. The highest BCUT2D eigenvalue weighted by Crippen LogP contribution is 2.02. The minimum absolute atomic E-state index is 0.227. The SMILES string of the molecule is CCCCN(C)C(=O)CCNCc1ccc(C)cc1. The number of unbranched alkanes of at least 4 members (excludes halogenated alkanes) is 1. The summed E-state index contributed by atoms with van der Waals surface area (Å²) < 4.78 is 0. The zero-order valence-corrected chi connectivity index (χ0v) is 12.4. The monoisotopic (exact) mass is 262 g/mol. The molecule has 0 aliphatic carbocycles. The Bertz CT molecular complexity index is 373. The lowest BCUT2D eigenvalue weighted by Gasteiger charge is -2.16. The largest absolute Gasteiger partial charge is 0.346 e. The third-order valence-corrected chi connectivity index (χ3v) is 3.24. The molecule has 19 heavy (non-hydrogen) atoms. The van der Waals surface area contributed by atoms with E-state index in [9.17, 15) is 4.79 Å². The van der Waals surface area contributed by atoms with E-state index >= 15 is 0 Å². The lowest BCUT2D eigenvalue weighted by Crippen LogP contribution is -2.30. The summed E-state index contributed by atoms with van der Waals surface area (Å²) in [5, 5.41) is 3.32. The van der Waals surface area contributed by atoms with E-state index in [-0.39, 0.29) is 5.91 Å². The van der Waals surface area contributed by atoms with Crippen LogP contribution in [0.3, 0.4) is 0 Å². The minimum atomic E-state index is 0.227. The predicted molar refractivity (Wildman–Crippen MR) is 80.0 cm³/mol. The van der Waals surface area contributed by atoms with Gasteiger partial charge in [-0.15, -0.1) is 0 Å². The van der Waals surface area contributed by atoms with Gasteiger partial charge < -0.3 is 10.2 Å². The van der Waals surface area contributed by atoms with Gasteiger partial charge in [-0.3, -0.25) is 4.79 Å². The van der Waals surface area contributed by atoms with Crippen molar-refractivity contribution in [2.75, 3.05) is 20.1 Å². The van der Waals surface area contributed by atoms with Crippen LogP contribution < -0.4 is 5.32 Å². The standard InChI is InChI=1S/C16H26N2O/c1-4-5-12-18(3)16(19)10-11-17-13-15-8-6-14(2)7-9-15/h6-9,17H,4-5,10-13H2,1-3H3. The molecule has 0 bridgehead atoms. The van der Waals surface area contributed by atoms with Gasteiger partial charge in [-0.05, 0) is 18.9 Å². The Balaban J connectivity index is 2.16. The molecule has 1 aromatic carbocycles. The van der Waals surface area contributed by atoms with Crippen molar-refractivity contribution in [3.05, 3.63) is 35.4 Å². The number of aryl methyl sites for hydroxylation is 1. The second-order valence-corrected chi connectivity index (χ2v) is 5.08. The van der Waals surface area contributed by atoms with Crippen molar-refractivity contribution in [2.24, 2.45) is 0 Å². The maximum absolute atomic E-state index is 11.8. The Morgan fingerprint density at radius 3 is 2.58 bits per heavy atom. The summed E-state index contributed by atoms with van der Waals surface area (Å²) in [4.78, 5) is 13.6. The predicted octanol–water partition coefficient (Wildman–Crippen LogP) is 2.73. The van der Waals surface area contributed by atoms with E-state index in [1.807, 2.05) is 11.9 Å². The Kier molecular flexibility index (Phi) is 7.19. The molecule has 1 N–H and O–H groups in total. The van der Waals surface area contributed by atoms with E-state index in [1.165, 1.54) is 11.1 Å². The summed E-state index contributed by atoms with van der Waals surface area (Å²) in [6, 6.07) is 8.47. The van der Waals surface area contributed by atoms with Crippen LogP contribution in [0.4, 0.5) is 0 Å². The van der Waals surface area contributed by atoms with E-state index < -0.39 is 0 Å². The zero-order valence-electron chi connectivity index (χ0n) is 12.4. The second-order valence-electron chi connectivity index (χ2n) is 5.08. The Morgan fingerprint density at radius 2 is 1.95 bits per heavy atom. The molecule has 0 unspecified atom stereocenters. The summed E-state index contributed by atoms with van der Waals surface area (Å²) in [6.45, 7) is 6.66. The minimum Gasteiger partial charge on any atom is -0.346 e. The first-order chi connectivity index (χ1) is 9.13. The number of hydrogen-bond acceptors (Lipinski definition) is 2. The van der Waals surface area contributed by atoms with Crippen molar-refractivity contribution in [3.63, 3.8) is 0 Å². The van der Waals surface area contributed by atoms with Gasteiger partial charge in [0.1, 0.15) is 0 Å². The topological polar surface area (TPSA) is 32.3 Å². The molecule has 0 atom stereocenters. The van der Waals surface area contributed by atoms with E-state index in [1.54, 1.807) is 0 Å². The highest BCUT2D eigenvalue weighted by atomic mass is 16.2. The van der Waals surface area contributed by atoms with E-state index in [0.717, 1.165) is 32.5 Å². The van der Waals surface area contributed by atoms with Gasteiger partial charge in [0.05, 0.1) is 0 Å². The number of carbonyl (C=O) groups excluding carboxylic acids is 1. The van der Waals surface area contributed by atoms with Gasteiger partial charge >= 0.3 is 0 Å². The molecule has 106 valence electrons. The quantitative estimate of drug-likeness (QED) is 0.731. The number of amides is 1. The fourth-order valence-electron chi connectivity index (χ4n) is 1.84. The molecule has 0 aliphatic rings. The summed E-state index contributed by atoms with van der Waals surface area (Å²) in [7, 11) is 1.89. The summed E-state index contributed by atoms with van der Waals surface area (Å²) in [6.07, 6.45) is 2.79. The molecule has 0 saturated carbocycles. The van der Waals surface area contributed by atoms with Gasteiger partial charge in [0.25, 0.3) is 0 Å². The molecule has 0 heterocycles. The van der Waals surface area contributed by atoms with Crippen molar-refractivity contribution in [1.82, 2.24) is 10.2 Å². The average Bonchev–Trinajstić information content (AvgIpc) is 2.42. The van der Waals surface area contributed by atoms with Crippen molar-refractivity contribution >= 4 is 5.91 Å². The van der Waals surface area contributed by atoms with Crippen LogP contribution in [-0.2, 0) is 11.3 Å². The molecular weight excluding hydrogens is 236 g/mol. The zero-order chi connectivity index (χ0) is 14.1. The molecular formula is C16H26N2O. The van der Waals surface area contributed by atoms with E-state index in [0.29, 0.717) is 6.42 Å². The van der Waals surface area contributed by atoms with Gasteiger partial charge in [0, 0.05) is 33.1 Å². The number of nitrogens with one attached hydrogen (secondary N) is 1. The molecule has 3 nitrogen and oxygen atoms in total. The molecule has 0 fully saturated rings. The third-order valence-electron chi connectivity index (χ3n) is 3.24. The van der Waals surface area contributed by atoms with Crippen LogP contribution in [-0.4, -0.2) is 30.9 Å². The van der Waals surface area contributed by atoms with Crippen molar-refractivity contribution < 1.29 is 4.79 Å². The van der Waals surface area contributed by atoms with Crippen molar-refractivity contribution in [2.45, 2.75) is 39.7 Å². The first kappa shape index (κ1) is 15.7. The molecule has 0 spiro atoms. The van der Waals surface area contributed by atoms with E-state index in [2.05, 4.69) is 43.4 Å². The average molecular weight is 262 g/mol. The molecule has 1 rings (SSSR count). The molecule has 0 saturated heterocycles. The van der Waals surface area contributed by atoms with Crippen LogP contribution >= 0.6 is 0 Å².